The van der Waals surface area contributed by atoms with Gasteiger partial charge < -0.3 is 14.5 Å². The van der Waals surface area contributed by atoms with Crippen LogP contribution >= 0.6 is 0 Å². The average Bonchev–Trinajstić information content (AvgIpc) is 3.61. The first-order valence-electron chi connectivity index (χ1n) is 11.5. The van der Waals surface area contributed by atoms with Crippen molar-refractivity contribution in [2.24, 2.45) is 0 Å². The van der Waals surface area contributed by atoms with Crippen molar-refractivity contribution in [3.8, 4) is 22.6 Å². The number of carbonyl (C=O) groups excluding carboxylic acids is 1. The number of likely N-dealkylation sites (tertiary alicyclic amines) is 1. The number of aromatic nitrogens is 5. The van der Waals surface area contributed by atoms with Gasteiger partial charge in [-0.1, -0.05) is 18.2 Å². The van der Waals surface area contributed by atoms with Crippen LogP contribution in [-0.2, 0) is 0 Å². The number of benzene rings is 2. The Morgan fingerprint density at radius 3 is 2.66 bits per heavy atom. The van der Waals surface area contributed by atoms with Gasteiger partial charge in [0.2, 0.25) is 5.95 Å². The molecule has 0 bridgehead atoms. The second-order valence-corrected chi connectivity index (χ2v) is 8.67. The summed E-state index contributed by atoms with van der Waals surface area (Å²) >= 11 is 0. The van der Waals surface area contributed by atoms with E-state index >= 15 is 0 Å². The summed E-state index contributed by atoms with van der Waals surface area (Å²) in [6, 6.07) is 15.2. The third kappa shape index (κ3) is 4.44. The van der Waals surface area contributed by atoms with E-state index in [1.54, 1.807) is 24.3 Å². The van der Waals surface area contributed by atoms with Crippen LogP contribution in [-0.4, -0.2) is 63.3 Å². The lowest BCUT2D eigenvalue weighted by molar-refractivity contribution is 0.0733. The summed E-state index contributed by atoms with van der Waals surface area (Å²) in [7, 11) is 5.48. The second kappa shape index (κ2) is 9.54. The van der Waals surface area contributed by atoms with Crippen LogP contribution in [0.5, 0.6) is 5.75 Å². The van der Waals surface area contributed by atoms with Gasteiger partial charge in [0, 0.05) is 43.7 Å². The van der Waals surface area contributed by atoms with Crippen LogP contribution in [0.1, 0.15) is 34.9 Å². The molecule has 1 amide bonds. The molecular weight excluding hydrogens is 442 g/mol. The minimum absolute atomic E-state index is 0.0240. The van der Waals surface area contributed by atoms with Crippen molar-refractivity contribution < 1.29 is 9.53 Å². The van der Waals surface area contributed by atoms with Gasteiger partial charge in [-0.2, -0.15) is 0 Å². The molecule has 0 N–H and O–H groups in total. The van der Waals surface area contributed by atoms with Crippen LogP contribution in [0.15, 0.2) is 67.4 Å². The molecule has 9 nitrogen and oxygen atoms in total. The summed E-state index contributed by atoms with van der Waals surface area (Å²) in [5.41, 5.74) is 4.16. The van der Waals surface area contributed by atoms with Gasteiger partial charge in [-0.15, -0.1) is 10.2 Å². The average molecular weight is 470 g/mol. The monoisotopic (exact) mass is 469 g/mol. The molecule has 0 radical (unpaired) electrons. The number of nitrogens with zero attached hydrogens (tertiary/aromatic N) is 7. The Kier molecular flexibility index (Phi) is 6.13. The predicted molar refractivity (Wildman–Crippen MR) is 133 cm³/mol. The molecule has 0 saturated carbocycles. The molecule has 1 unspecified atom stereocenters. The number of amides is 1. The number of hydrogen-bond acceptors (Lipinski definition) is 7. The topological polar surface area (TPSA) is 89.3 Å². The molecule has 0 spiro atoms. The standard InChI is InChI=1S/C26H27N7O2/c1-31(2)26-27-15-22(18-7-5-10-21(14-18)35-3)24(30-26)23-11-6-12-33(23)25(34)19-8-4-9-20(13-19)32-16-28-29-17-32/h4-5,7-10,13-17,23H,6,11-12H2,1-3H3. The molecule has 35 heavy (non-hydrogen) atoms. The van der Waals surface area contributed by atoms with Crippen molar-refractivity contribution in [3.05, 3.63) is 78.6 Å². The van der Waals surface area contributed by atoms with Gasteiger partial charge in [-0.25, -0.2) is 9.97 Å². The maximum atomic E-state index is 13.7. The fourth-order valence-electron chi connectivity index (χ4n) is 4.46. The van der Waals surface area contributed by atoms with E-state index in [0.29, 0.717) is 18.1 Å². The van der Waals surface area contributed by atoms with E-state index in [2.05, 4.69) is 15.2 Å². The Hall–Kier alpha value is -4.27. The second-order valence-electron chi connectivity index (χ2n) is 8.67. The molecule has 4 aromatic rings. The molecule has 1 aliphatic heterocycles. The number of methoxy groups -OCH3 is 1. The Labute approximate surface area is 204 Å². The lowest BCUT2D eigenvalue weighted by Gasteiger charge is -2.27. The number of carbonyl (C=O) groups is 1. The lowest BCUT2D eigenvalue weighted by atomic mass is 9.99. The van der Waals surface area contributed by atoms with Crippen LogP contribution in [0.25, 0.3) is 16.8 Å². The van der Waals surface area contributed by atoms with Crippen LogP contribution in [0.4, 0.5) is 5.95 Å². The Bertz CT molecular complexity index is 1340. The normalized spacial score (nSPS) is 15.3. The third-order valence-electron chi connectivity index (χ3n) is 6.23. The minimum atomic E-state index is -0.163. The lowest BCUT2D eigenvalue weighted by Crippen LogP contribution is -2.31. The zero-order chi connectivity index (χ0) is 24.4. The smallest absolute Gasteiger partial charge is 0.254 e. The van der Waals surface area contributed by atoms with Crippen LogP contribution in [0, 0.1) is 0 Å². The van der Waals surface area contributed by atoms with Gasteiger partial charge in [0.05, 0.1) is 18.8 Å². The maximum Gasteiger partial charge on any atom is 0.254 e. The van der Waals surface area contributed by atoms with Gasteiger partial charge >= 0.3 is 0 Å². The Morgan fingerprint density at radius 2 is 1.89 bits per heavy atom. The quantitative estimate of drug-likeness (QED) is 0.425. The summed E-state index contributed by atoms with van der Waals surface area (Å²) < 4.78 is 7.22. The molecular formula is C26H27N7O2. The van der Waals surface area contributed by atoms with Crippen molar-refractivity contribution in [2.75, 3.05) is 32.6 Å². The van der Waals surface area contributed by atoms with Gasteiger partial charge in [0.15, 0.2) is 0 Å². The number of rotatable bonds is 6. The van der Waals surface area contributed by atoms with Crippen LogP contribution < -0.4 is 9.64 Å². The third-order valence-corrected chi connectivity index (χ3v) is 6.23. The van der Waals surface area contributed by atoms with E-state index in [0.717, 1.165) is 41.1 Å². The molecule has 5 rings (SSSR count). The Morgan fingerprint density at radius 1 is 1.09 bits per heavy atom. The van der Waals surface area contributed by atoms with Gasteiger partial charge in [-0.3, -0.25) is 9.36 Å². The number of hydrogen-bond donors (Lipinski definition) is 0. The Balaban J connectivity index is 1.54. The summed E-state index contributed by atoms with van der Waals surface area (Å²) in [6.45, 7) is 0.666. The minimum Gasteiger partial charge on any atom is -0.497 e. The molecule has 1 fully saturated rings. The van der Waals surface area contributed by atoms with Crippen molar-refractivity contribution >= 4 is 11.9 Å². The first-order valence-corrected chi connectivity index (χ1v) is 11.5. The van der Waals surface area contributed by atoms with E-state index < -0.39 is 0 Å². The number of ether oxygens (including phenoxy) is 1. The van der Waals surface area contributed by atoms with E-state index in [4.69, 9.17) is 9.72 Å². The molecule has 1 atom stereocenters. The molecule has 3 heterocycles. The summed E-state index contributed by atoms with van der Waals surface area (Å²) in [5.74, 6) is 1.35. The molecule has 1 saturated heterocycles. The van der Waals surface area contributed by atoms with E-state index in [1.165, 1.54) is 0 Å². The molecule has 0 aliphatic carbocycles. The van der Waals surface area contributed by atoms with E-state index in [9.17, 15) is 4.79 Å². The maximum absolute atomic E-state index is 13.7. The zero-order valence-electron chi connectivity index (χ0n) is 20.0. The van der Waals surface area contributed by atoms with Crippen molar-refractivity contribution in [1.29, 1.82) is 0 Å². The molecule has 2 aromatic carbocycles. The molecule has 1 aliphatic rings. The number of anilines is 1. The fourth-order valence-corrected chi connectivity index (χ4v) is 4.46. The van der Waals surface area contributed by atoms with Gasteiger partial charge in [0.1, 0.15) is 18.4 Å². The van der Waals surface area contributed by atoms with E-state index in [-0.39, 0.29) is 11.9 Å². The molecule has 2 aromatic heterocycles. The zero-order valence-corrected chi connectivity index (χ0v) is 20.0. The highest BCUT2D eigenvalue weighted by molar-refractivity contribution is 5.95. The summed E-state index contributed by atoms with van der Waals surface area (Å²) in [4.78, 5) is 27.0. The SMILES string of the molecule is COc1cccc(-c2cnc(N(C)C)nc2C2CCCN2C(=O)c2cccc(-n3cnnc3)c2)c1. The summed E-state index contributed by atoms with van der Waals surface area (Å²) in [5, 5.41) is 7.73. The largest absolute Gasteiger partial charge is 0.497 e. The van der Waals surface area contributed by atoms with Crippen LogP contribution in [0.2, 0.25) is 0 Å². The van der Waals surface area contributed by atoms with Gasteiger partial charge in [-0.05, 0) is 48.7 Å². The molecule has 178 valence electrons. The highest BCUT2D eigenvalue weighted by atomic mass is 16.5. The summed E-state index contributed by atoms with van der Waals surface area (Å²) in [6.07, 6.45) is 6.82. The van der Waals surface area contributed by atoms with Crippen molar-refractivity contribution in [2.45, 2.75) is 18.9 Å². The fraction of sp³-hybridized carbons (Fsp3) is 0.269. The molecule has 9 heteroatoms. The van der Waals surface area contributed by atoms with Crippen molar-refractivity contribution in [3.63, 3.8) is 0 Å². The first-order chi connectivity index (χ1) is 17.0. The van der Waals surface area contributed by atoms with Gasteiger partial charge in [0.25, 0.3) is 5.91 Å². The first kappa shape index (κ1) is 22.5. The predicted octanol–water partition coefficient (Wildman–Crippen LogP) is 3.78. The van der Waals surface area contributed by atoms with E-state index in [1.807, 2.05) is 78.6 Å². The van der Waals surface area contributed by atoms with Crippen molar-refractivity contribution in [1.82, 2.24) is 29.6 Å². The van der Waals surface area contributed by atoms with Crippen LogP contribution in [0.3, 0.4) is 0 Å². The highest BCUT2D eigenvalue weighted by Gasteiger charge is 2.34. The highest BCUT2D eigenvalue weighted by Crippen LogP contribution is 2.38.